The van der Waals surface area contributed by atoms with Crippen LogP contribution in [0.25, 0.3) is 0 Å². The summed E-state index contributed by atoms with van der Waals surface area (Å²) in [6.45, 7) is 1.68. The Morgan fingerprint density at radius 3 is 1.52 bits per heavy atom. The van der Waals surface area contributed by atoms with Gasteiger partial charge in [0.25, 0.3) is 0 Å². The zero-order chi connectivity index (χ0) is 41.1. The van der Waals surface area contributed by atoms with Crippen LogP contribution in [0.5, 0.6) is 0 Å². The molecule has 0 amide bonds. The van der Waals surface area contributed by atoms with Crippen molar-refractivity contribution in [2.24, 2.45) is 5.73 Å². The van der Waals surface area contributed by atoms with E-state index in [2.05, 4.69) is 49.5 Å². The van der Waals surface area contributed by atoms with Crippen LogP contribution in [-0.2, 0) is 32.7 Å². The lowest BCUT2D eigenvalue weighted by Gasteiger charge is -2.19. The van der Waals surface area contributed by atoms with Crippen molar-refractivity contribution in [3.63, 3.8) is 0 Å². The van der Waals surface area contributed by atoms with Crippen molar-refractivity contribution in [3.05, 3.63) is 48.6 Å². The van der Waals surface area contributed by atoms with E-state index in [1.54, 1.807) is 0 Å². The van der Waals surface area contributed by atoms with Crippen molar-refractivity contribution in [2.75, 3.05) is 33.0 Å². The Bertz CT molecular complexity index is 1060. The molecule has 0 aliphatic carbocycles. The molecule has 0 aromatic carbocycles. The fourth-order valence-corrected chi connectivity index (χ4v) is 6.72. The van der Waals surface area contributed by atoms with Crippen LogP contribution < -0.4 is 5.73 Å². The summed E-state index contributed by atoms with van der Waals surface area (Å²) in [4.78, 5) is 34.9. The van der Waals surface area contributed by atoms with E-state index in [0.717, 1.165) is 64.2 Å². The Labute approximate surface area is 341 Å². The van der Waals surface area contributed by atoms with Gasteiger partial charge >= 0.3 is 19.8 Å². The molecular formula is C45H82NO9P. The first kappa shape index (κ1) is 53.9. The second-order valence-corrected chi connectivity index (χ2v) is 16.1. The number of allylic oxidation sites excluding steroid dienone is 8. The minimum Gasteiger partial charge on any atom is -0.462 e. The maximum Gasteiger partial charge on any atom is 0.472 e. The van der Waals surface area contributed by atoms with Gasteiger partial charge in [0, 0.05) is 26.0 Å². The smallest absolute Gasteiger partial charge is 0.462 e. The normalized spacial score (nSPS) is 13.7. The van der Waals surface area contributed by atoms with E-state index >= 15 is 0 Å². The molecule has 0 bridgehead atoms. The zero-order valence-corrected chi connectivity index (χ0v) is 36.2. The van der Waals surface area contributed by atoms with Gasteiger partial charge in [-0.25, -0.2) is 4.57 Å². The Hall–Kier alpha value is -2.07. The SMILES string of the molecule is CCCCCCCCCCCCCCCCCCCC(=O)OC[C@H](COP(=O)(O)OCCN)OC(=O)CCC/C=C\C/C=C\C/C=C\C/C=C\CCCCCO. The summed E-state index contributed by atoms with van der Waals surface area (Å²) in [7, 11) is -4.40. The van der Waals surface area contributed by atoms with Gasteiger partial charge in [-0.3, -0.25) is 18.6 Å². The molecule has 2 atom stereocenters. The van der Waals surface area contributed by atoms with Crippen molar-refractivity contribution in [2.45, 2.75) is 193 Å². The molecule has 0 heterocycles. The minimum absolute atomic E-state index is 0.0397. The first-order valence-electron chi connectivity index (χ1n) is 22.2. The Kier molecular flexibility index (Phi) is 41.0. The number of rotatable bonds is 42. The molecule has 10 nitrogen and oxygen atoms in total. The van der Waals surface area contributed by atoms with E-state index < -0.39 is 32.5 Å². The fraction of sp³-hybridized carbons (Fsp3) is 0.778. The molecule has 1 unspecified atom stereocenters. The third-order valence-corrected chi connectivity index (χ3v) is 10.3. The first-order chi connectivity index (χ1) is 27.3. The predicted molar refractivity (Wildman–Crippen MR) is 230 cm³/mol. The van der Waals surface area contributed by atoms with Crippen LogP contribution in [-0.4, -0.2) is 61.0 Å². The van der Waals surface area contributed by atoms with Gasteiger partial charge in [0.1, 0.15) is 6.61 Å². The highest BCUT2D eigenvalue weighted by Gasteiger charge is 2.25. The number of nitrogens with two attached hydrogens (primary N) is 1. The van der Waals surface area contributed by atoms with E-state index in [0.29, 0.717) is 12.8 Å². The molecule has 0 saturated heterocycles. The maximum absolute atomic E-state index is 12.6. The van der Waals surface area contributed by atoms with Gasteiger partial charge in [-0.15, -0.1) is 0 Å². The summed E-state index contributed by atoms with van der Waals surface area (Å²) in [5.74, 6) is -0.905. The molecule has 11 heteroatoms. The third-order valence-electron chi connectivity index (χ3n) is 9.27. The molecule has 0 aliphatic rings. The van der Waals surface area contributed by atoms with E-state index in [1.807, 2.05) is 6.08 Å². The zero-order valence-electron chi connectivity index (χ0n) is 35.3. The minimum atomic E-state index is -4.40. The molecular weight excluding hydrogens is 729 g/mol. The fourth-order valence-electron chi connectivity index (χ4n) is 5.96. The van der Waals surface area contributed by atoms with Gasteiger partial charge in [-0.1, -0.05) is 165 Å². The number of hydrogen-bond donors (Lipinski definition) is 3. The highest BCUT2D eigenvalue weighted by atomic mass is 31.2. The number of unbranched alkanes of at least 4 members (excludes halogenated alkanes) is 20. The van der Waals surface area contributed by atoms with Gasteiger partial charge in [0.05, 0.1) is 13.2 Å². The Balaban J connectivity index is 4.21. The highest BCUT2D eigenvalue weighted by molar-refractivity contribution is 7.47. The van der Waals surface area contributed by atoms with Crippen molar-refractivity contribution >= 4 is 19.8 Å². The Morgan fingerprint density at radius 1 is 0.571 bits per heavy atom. The van der Waals surface area contributed by atoms with Crippen molar-refractivity contribution < 1.29 is 42.7 Å². The predicted octanol–water partition coefficient (Wildman–Crippen LogP) is 11.7. The van der Waals surface area contributed by atoms with Gasteiger partial charge in [-0.05, 0) is 57.8 Å². The standard InChI is InChI=1S/C45H82NO9P/c1-2-3-4-5-6-7-8-9-10-12-15-18-21-24-27-30-33-36-44(48)52-41-43(42-54-56(50,51)53-40-38-46)55-45(49)37-34-31-28-25-22-19-16-13-11-14-17-20-23-26-29-32-35-39-47/h11,14,16,19-20,23,25,28,43,47H,2-10,12-13,15,17-18,21-22,24,26-27,29-42,46H2,1H3,(H,50,51)/b14-11-,19-16-,23-20-,28-25-/t43-/m1/s1. The van der Waals surface area contributed by atoms with Crippen molar-refractivity contribution in [1.82, 2.24) is 0 Å². The largest absolute Gasteiger partial charge is 0.472 e. The van der Waals surface area contributed by atoms with Crippen LogP contribution in [0, 0.1) is 0 Å². The number of aliphatic hydroxyl groups is 1. The van der Waals surface area contributed by atoms with Crippen LogP contribution in [0.1, 0.15) is 187 Å². The summed E-state index contributed by atoms with van der Waals surface area (Å²) in [6.07, 6.45) is 45.9. The number of carbonyl (C=O) groups excluding carboxylic acids is 2. The lowest BCUT2D eigenvalue weighted by Crippen LogP contribution is -2.29. The maximum atomic E-state index is 12.6. The van der Waals surface area contributed by atoms with Gasteiger partial charge in [0.15, 0.2) is 6.10 Å². The molecule has 4 N–H and O–H groups in total. The summed E-state index contributed by atoms with van der Waals surface area (Å²) in [6, 6.07) is 0. The van der Waals surface area contributed by atoms with E-state index in [1.165, 1.54) is 89.9 Å². The lowest BCUT2D eigenvalue weighted by atomic mass is 10.0. The number of aliphatic hydroxyl groups excluding tert-OH is 1. The summed E-state index contributed by atoms with van der Waals surface area (Å²) in [5, 5.41) is 8.79. The van der Waals surface area contributed by atoms with E-state index in [-0.39, 0.29) is 39.2 Å². The average molecular weight is 812 g/mol. The molecule has 0 aromatic heterocycles. The lowest BCUT2D eigenvalue weighted by molar-refractivity contribution is -0.161. The highest BCUT2D eigenvalue weighted by Crippen LogP contribution is 2.43. The van der Waals surface area contributed by atoms with Gasteiger partial charge < -0.3 is 25.2 Å². The van der Waals surface area contributed by atoms with Gasteiger partial charge in [-0.2, -0.15) is 0 Å². The molecule has 0 spiro atoms. The second-order valence-electron chi connectivity index (χ2n) is 14.6. The first-order valence-corrected chi connectivity index (χ1v) is 23.7. The molecule has 0 rings (SSSR count). The molecule has 326 valence electrons. The molecule has 56 heavy (non-hydrogen) atoms. The van der Waals surface area contributed by atoms with Crippen LogP contribution >= 0.6 is 7.82 Å². The van der Waals surface area contributed by atoms with Crippen LogP contribution in [0.4, 0.5) is 0 Å². The number of hydrogen-bond acceptors (Lipinski definition) is 9. The molecule has 0 aliphatic heterocycles. The van der Waals surface area contributed by atoms with E-state index in [4.69, 9.17) is 29.4 Å². The third kappa shape index (κ3) is 41.6. The monoisotopic (exact) mass is 812 g/mol. The summed E-state index contributed by atoms with van der Waals surface area (Å²) in [5.41, 5.74) is 5.34. The molecule has 0 aromatic rings. The van der Waals surface area contributed by atoms with E-state index in [9.17, 15) is 19.0 Å². The quantitative estimate of drug-likeness (QED) is 0.0235. The van der Waals surface area contributed by atoms with Crippen molar-refractivity contribution in [1.29, 1.82) is 0 Å². The molecule has 0 radical (unpaired) electrons. The average Bonchev–Trinajstić information content (AvgIpc) is 3.18. The number of esters is 2. The number of carbonyl (C=O) groups is 2. The number of ether oxygens (including phenoxy) is 2. The van der Waals surface area contributed by atoms with Gasteiger partial charge in [0.2, 0.25) is 0 Å². The summed E-state index contributed by atoms with van der Waals surface area (Å²) < 4.78 is 32.7. The summed E-state index contributed by atoms with van der Waals surface area (Å²) >= 11 is 0. The van der Waals surface area contributed by atoms with Crippen LogP contribution in [0.3, 0.4) is 0 Å². The number of phosphoric ester groups is 1. The van der Waals surface area contributed by atoms with Crippen LogP contribution in [0.15, 0.2) is 48.6 Å². The second kappa shape index (κ2) is 42.5. The number of phosphoric acid groups is 1. The molecule has 0 fully saturated rings. The van der Waals surface area contributed by atoms with Crippen molar-refractivity contribution in [3.8, 4) is 0 Å². The molecule has 0 saturated carbocycles. The topological polar surface area (TPSA) is 155 Å². The Morgan fingerprint density at radius 2 is 1.02 bits per heavy atom. The van der Waals surface area contributed by atoms with Crippen LogP contribution in [0.2, 0.25) is 0 Å².